The van der Waals surface area contributed by atoms with E-state index in [9.17, 15) is 9.90 Å². The number of phenolic OH excluding ortho intramolecular Hbond substituents is 1. The Morgan fingerprint density at radius 1 is 1.08 bits per heavy atom. The Kier molecular flexibility index (Phi) is 3.57. The number of H-pyrrole nitrogens is 1. The van der Waals surface area contributed by atoms with Crippen LogP contribution in [-0.4, -0.2) is 24.6 Å². The van der Waals surface area contributed by atoms with E-state index in [1.807, 2.05) is 37.3 Å². The lowest BCUT2D eigenvalue weighted by Crippen LogP contribution is -2.21. The molecule has 25 heavy (non-hydrogen) atoms. The molecule has 0 saturated carbocycles. The second-order valence-corrected chi connectivity index (χ2v) is 5.86. The van der Waals surface area contributed by atoms with Gasteiger partial charge in [0.1, 0.15) is 5.75 Å². The third-order valence-electron chi connectivity index (χ3n) is 4.26. The third kappa shape index (κ3) is 2.67. The van der Waals surface area contributed by atoms with E-state index in [1.54, 1.807) is 35.0 Å². The first-order valence-electron chi connectivity index (χ1n) is 7.95. The Morgan fingerprint density at radius 3 is 2.52 bits per heavy atom. The van der Waals surface area contributed by atoms with E-state index >= 15 is 0 Å². The molecule has 0 saturated heterocycles. The van der Waals surface area contributed by atoms with Gasteiger partial charge in [-0.25, -0.2) is 14.8 Å². The van der Waals surface area contributed by atoms with Gasteiger partial charge in [0.25, 0.3) is 0 Å². The molecule has 0 unspecified atom stereocenters. The smallest absolute Gasteiger partial charge is 0.329 e. The van der Waals surface area contributed by atoms with Gasteiger partial charge in [-0.15, -0.1) is 0 Å². The quantitative estimate of drug-likeness (QED) is 0.604. The average Bonchev–Trinajstić information content (AvgIpc) is 2.97. The third-order valence-corrected chi connectivity index (χ3v) is 4.26. The number of aromatic hydroxyl groups is 1. The number of rotatable bonds is 3. The first kappa shape index (κ1) is 15.1. The van der Waals surface area contributed by atoms with E-state index in [-0.39, 0.29) is 17.5 Å². The molecule has 0 aliphatic heterocycles. The van der Waals surface area contributed by atoms with Crippen molar-refractivity contribution in [3.8, 4) is 17.0 Å². The summed E-state index contributed by atoms with van der Waals surface area (Å²) in [5, 5.41) is 9.44. The predicted octanol–water partition coefficient (Wildman–Crippen LogP) is 3.10. The highest BCUT2D eigenvalue weighted by atomic mass is 16.3. The fraction of sp³-hybridized carbons (Fsp3) is 0.105. The average molecular weight is 332 g/mol. The number of imidazole rings is 1. The van der Waals surface area contributed by atoms with Gasteiger partial charge in [0.05, 0.1) is 17.9 Å². The van der Waals surface area contributed by atoms with Gasteiger partial charge in [-0.05, 0) is 36.8 Å². The van der Waals surface area contributed by atoms with E-state index in [4.69, 9.17) is 0 Å². The van der Waals surface area contributed by atoms with E-state index < -0.39 is 0 Å². The van der Waals surface area contributed by atoms with Crippen molar-refractivity contribution in [2.75, 3.05) is 0 Å². The molecule has 4 aromatic rings. The zero-order valence-electron chi connectivity index (χ0n) is 13.5. The van der Waals surface area contributed by atoms with Crippen LogP contribution >= 0.6 is 0 Å². The highest BCUT2D eigenvalue weighted by molar-refractivity contribution is 5.71. The van der Waals surface area contributed by atoms with Crippen molar-refractivity contribution in [1.29, 1.82) is 0 Å². The topological polar surface area (TPSA) is 83.8 Å². The van der Waals surface area contributed by atoms with Crippen molar-refractivity contribution >= 4 is 11.3 Å². The van der Waals surface area contributed by atoms with Crippen LogP contribution in [0.2, 0.25) is 0 Å². The maximum atomic E-state index is 12.4. The number of phenols is 1. The summed E-state index contributed by atoms with van der Waals surface area (Å²) < 4.78 is 1.61. The Hall–Kier alpha value is -3.41. The van der Waals surface area contributed by atoms with Crippen molar-refractivity contribution in [3.63, 3.8) is 0 Å². The van der Waals surface area contributed by atoms with Gasteiger partial charge in [-0.1, -0.05) is 30.3 Å². The molecule has 0 fully saturated rings. The second kappa shape index (κ2) is 5.90. The molecule has 4 rings (SSSR count). The summed E-state index contributed by atoms with van der Waals surface area (Å²) in [6, 6.07) is 16.3. The van der Waals surface area contributed by atoms with E-state index in [0.717, 1.165) is 11.1 Å². The number of nitrogens with one attached hydrogen (secondary N) is 1. The molecule has 0 amide bonds. The van der Waals surface area contributed by atoms with Gasteiger partial charge in [-0.2, -0.15) is 0 Å². The molecule has 2 aromatic carbocycles. The summed E-state index contributed by atoms with van der Waals surface area (Å²) >= 11 is 0. The van der Waals surface area contributed by atoms with Crippen LogP contribution in [0.25, 0.3) is 22.6 Å². The maximum absolute atomic E-state index is 12.4. The van der Waals surface area contributed by atoms with E-state index in [2.05, 4.69) is 15.0 Å². The van der Waals surface area contributed by atoms with Crippen LogP contribution in [0.3, 0.4) is 0 Å². The van der Waals surface area contributed by atoms with Crippen molar-refractivity contribution in [3.05, 3.63) is 76.8 Å². The van der Waals surface area contributed by atoms with E-state index in [1.165, 1.54) is 0 Å². The van der Waals surface area contributed by atoms with Crippen molar-refractivity contribution in [1.82, 2.24) is 19.5 Å². The van der Waals surface area contributed by atoms with Crippen LogP contribution in [0.5, 0.6) is 5.75 Å². The first-order chi connectivity index (χ1) is 12.1. The molecule has 1 atom stereocenters. The molecule has 2 aromatic heterocycles. The largest absolute Gasteiger partial charge is 0.508 e. The van der Waals surface area contributed by atoms with Gasteiger partial charge in [0, 0.05) is 5.56 Å². The van der Waals surface area contributed by atoms with Crippen LogP contribution in [0, 0.1) is 0 Å². The summed E-state index contributed by atoms with van der Waals surface area (Å²) in [7, 11) is 0. The summed E-state index contributed by atoms with van der Waals surface area (Å²) in [6.45, 7) is 1.96. The molecular weight excluding hydrogens is 316 g/mol. The number of benzene rings is 2. The number of hydrogen-bond donors (Lipinski definition) is 2. The van der Waals surface area contributed by atoms with Crippen LogP contribution in [0.15, 0.2) is 65.6 Å². The molecule has 6 heteroatoms. The Balaban J connectivity index is 1.87. The molecule has 6 nitrogen and oxygen atoms in total. The molecule has 124 valence electrons. The van der Waals surface area contributed by atoms with Crippen LogP contribution < -0.4 is 5.69 Å². The van der Waals surface area contributed by atoms with Crippen LogP contribution in [-0.2, 0) is 0 Å². The highest BCUT2D eigenvalue weighted by Gasteiger charge is 2.17. The minimum Gasteiger partial charge on any atom is -0.508 e. The lowest BCUT2D eigenvalue weighted by atomic mass is 10.1. The fourth-order valence-corrected chi connectivity index (χ4v) is 2.90. The number of hydrogen-bond acceptors (Lipinski definition) is 4. The Morgan fingerprint density at radius 2 is 1.80 bits per heavy atom. The molecule has 0 bridgehead atoms. The SMILES string of the molecule is C[C@@H](c1ccccc1)n1c(=O)[nH]c2ncc(-c3ccc(O)cc3)nc21. The van der Waals surface area contributed by atoms with Crippen LogP contribution in [0.1, 0.15) is 18.5 Å². The second-order valence-electron chi connectivity index (χ2n) is 5.86. The van der Waals surface area contributed by atoms with E-state index in [0.29, 0.717) is 17.0 Å². The number of nitrogens with zero attached hydrogens (tertiary/aromatic N) is 3. The normalized spacial score (nSPS) is 12.4. The first-order valence-corrected chi connectivity index (χ1v) is 7.95. The Labute approximate surface area is 143 Å². The lowest BCUT2D eigenvalue weighted by Gasteiger charge is -2.13. The van der Waals surface area contributed by atoms with Gasteiger partial charge < -0.3 is 5.11 Å². The highest BCUT2D eigenvalue weighted by Crippen LogP contribution is 2.23. The summed E-state index contributed by atoms with van der Waals surface area (Å²) in [5.74, 6) is 0.189. The fourth-order valence-electron chi connectivity index (χ4n) is 2.90. The van der Waals surface area contributed by atoms with Gasteiger partial charge in [-0.3, -0.25) is 9.55 Å². The molecule has 0 aliphatic carbocycles. The van der Waals surface area contributed by atoms with Gasteiger partial charge in [0.2, 0.25) is 0 Å². The molecular formula is C19H16N4O2. The summed E-state index contributed by atoms with van der Waals surface area (Å²) in [4.78, 5) is 24.2. The minimum atomic E-state index is -0.241. The Bertz CT molecular complexity index is 1080. The lowest BCUT2D eigenvalue weighted by molar-refractivity contribution is 0.475. The zero-order valence-corrected chi connectivity index (χ0v) is 13.5. The minimum absolute atomic E-state index is 0.174. The monoisotopic (exact) mass is 332 g/mol. The van der Waals surface area contributed by atoms with Crippen molar-refractivity contribution < 1.29 is 5.11 Å². The van der Waals surface area contributed by atoms with Crippen molar-refractivity contribution in [2.24, 2.45) is 0 Å². The molecule has 0 spiro atoms. The molecule has 2 heterocycles. The van der Waals surface area contributed by atoms with Gasteiger partial charge >= 0.3 is 5.69 Å². The summed E-state index contributed by atoms with van der Waals surface area (Å²) in [5.41, 5.74) is 3.19. The number of fused-ring (bicyclic) bond motifs is 1. The summed E-state index contributed by atoms with van der Waals surface area (Å²) in [6.07, 6.45) is 1.61. The number of aromatic amines is 1. The predicted molar refractivity (Wildman–Crippen MR) is 95.5 cm³/mol. The zero-order chi connectivity index (χ0) is 17.4. The number of aromatic nitrogens is 4. The van der Waals surface area contributed by atoms with Crippen molar-refractivity contribution in [2.45, 2.75) is 13.0 Å². The maximum Gasteiger partial charge on any atom is 0.329 e. The molecule has 0 radical (unpaired) electrons. The molecule has 0 aliphatic rings. The standard InChI is InChI=1S/C19H16N4O2/c1-12(13-5-3-2-4-6-13)23-18-17(22-19(23)25)20-11-16(21-18)14-7-9-15(24)10-8-14/h2-12,24H,1H3,(H,20,22,25)/t12-/m0/s1. The van der Waals surface area contributed by atoms with Gasteiger partial charge in [0.15, 0.2) is 11.3 Å². The van der Waals surface area contributed by atoms with Crippen LogP contribution in [0.4, 0.5) is 0 Å². The molecule has 2 N–H and O–H groups in total.